The van der Waals surface area contributed by atoms with Gasteiger partial charge in [-0.25, -0.2) is 9.59 Å². The quantitative estimate of drug-likeness (QED) is 0.109. The molecular formula is C39H48O6. The van der Waals surface area contributed by atoms with Gasteiger partial charge in [-0.05, 0) is 108 Å². The normalized spacial score (nSPS) is 15.9. The van der Waals surface area contributed by atoms with Gasteiger partial charge in [0.05, 0.1) is 37.6 Å². The summed E-state index contributed by atoms with van der Waals surface area (Å²) in [6.07, 6.45) is 18.4. The Labute approximate surface area is 267 Å². The molecule has 0 saturated heterocycles. The summed E-state index contributed by atoms with van der Waals surface area (Å²) < 4.78 is 10.5. The molecule has 0 bridgehead atoms. The van der Waals surface area contributed by atoms with E-state index in [1.165, 1.54) is 66.2 Å². The first kappa shape index (κ1) is 34.1. The molecule has 2 aliphatic carbocycles. The Bertz CT molecular complexity index is 1490. The highest BCUT2D eigenvalue weighted by molar-refractivity contribution is 5.90. The first-order valence-corrected chi connectivity index (χ1v) is 16.4. The van der Waals surface area contributed by atoms with Crippen molar-refractivity contribution in [2.24, 2.45) is 5.92 Å². The lowest BCUT2D eigenvalue weighted by Crippen LogP contribution is -2.12. The van der Waals surface area contributed by atoms with E-state index >= 15 is 0 Å². The van der Waals surface area contributed by atoms with Crippen LogP contribution in [0.2, 0.25) is 0 Å². The SMILES string of the molecule is C=C(CO)C(=O)OCCCc1cc(CCCOC(=O)C(=C)CO)c2ccc(C3=CC=C4C=C(CCCCC)CCC4C3)cc2c1. The highest BCUT2D eigenvalue weighted by atomic mass is 16.5. The fourth-order valence-electron chi connectivity index (χ4n) is 6.17. The van der Waals surface area contributed by atoms with Gasteiger partial charge in [0.2, 0.25) is 0 Å². The third-order valence-corrected chi connectivity index (χ3v) is 8.80. The van der Waals surface area contributed by atoms with Crippen LogP contribution in [0, 0.1) is 5.92 Å². The molecule has 0 saturated carbocycles. The number of esters is 2. The van der Waals surface area contributed by atoms with E-state index in [1.807, 2.05) is 0 Å². The van der Waals surface area contributed by atoms with Gasteiger partial charge >= 0.3 is 11.9 Å². The zero-order chi connectivity index (χ0) is 32.2. The summed E-state index contributed by atoms with van der Waals surface area (Å²) in [4.78, 5) is 23.8. The van der Waals surface area contributed by atoms with Gasteiger partial charge < -0.3 is 19.7 Å². The molecule has 0 spiro atoms. The highest BCUT2D eigenvalue weighted by Crippen LogP contribution is 2.40. The van der Waals surface area contributed by atoms with Gasteiger partial charge in [-0.1, -0.05) is 81.0 Å². The number of benzene rings is 2. The van der Waals surface area contributed by atoms with Gasteiger partial charge in [0.25, 0.3) is 0 Å². The number of carbonyl (C=O) groups excluding carboxylic acids is 2. The molecule has 0 aromatic heterocycles. The Morgan fingerprint density at radius 3 is 2.27 bits per heavy atom. The number of carbonyl (C=O) groups is 2. The summed E-state index contributed by atoms with van der Waals surface area (Å²) >= 11 is 0. The number of aliphatic hydroxyl groups is 2. The molecule has 4 rings (SSSR count). The molecule has 6 heteroatoms. The summed E-state index contributed by atoms with van der Waals surface area (Å²) in [7, 11) is 0. The van der Waals surface area contributed by atoms with Crippen LogP contribution in [0.25, 0.3) is 16.3 Å². The van der Waals surface area contributed by atoms with Crippen LogP contribution in [-0.4, -0.2) is 48.6 Å². The number of hydrogen-bond acceptors (Lipinski definition) is 6. The molecule has 240 valence electrons. The lowest BCUT2D eigenvalue weighted by atomic mass is 9.76. The Morgan fingerprint density at radius 2 is 1.58 bits per heavy atom. The summed E-state index contributed by atoms with van der Waals surface area (Å²) in [6, 6.07) is 11.1. The molecule has 0 heterocycles. The number of fused-ring (bicyclic) bond motifs is 2. The standard InChI is InChI=1S/C39H48O6/c1-4-5-6-9-29-12-13-32-23-33(15-14-31(32)20-29)34-16-17-37-35(11-8-19-45-39(43)28(3)26-41)21-30(22-36(37)24-34)10-7-18-44-38(42)27(2)25-40/h14-17,20-22,24,32,40-41H,2-13,18-19,23,25-26H2,1H3. The Hall–Kier alpha value is -3.74. The molecule has 0 radical (unpaired) electrons. The van der Waals surface area contributed by atoms with E-state index in [0.717, 1.165) is 30.2 Å². The minimum atomic E-state index is -0.571. The van der Waals surface area contributed by atoms with Gasteiger partial charge in [0.1, 0.15) is 0 Å². The van der Waals surface area contributed by atoms with Crippen LogP contribution < -0.4 is 0 Å². The van der Waals surface area contributed by atoms with Crippen molar-refractivity contribution in [3.8, 4) is 0 Å². The molecule has 1 atom stereocenters. The average Bonchev–Trinajstić information content (AvgIpc) is 3.07. The molecule has 6 nitrogen and oxygen atoms in total. The van der Waals surface area contributed by atoms with Crippen molar-refractivity contribution in [2.75, 3.05) is 26.4 Å². The third kappa shape index (κ3) is 9.62. The topological polar surface area (TPSA) is 93.1 Å². The number of ether oxygens (including phenoxy) is 2. The molecule has 2 aromatic carbocycles. The van der Waals surface area contributed by atoms with E-state index in [4.69, 9.17) is 19.7 Å². The molecule has 1 unspecified atom stereocenters. The van der Waals surface area contributed by atoms with Crippen molar-refractivity contribution >= 4 is 28.3 Å². The second-order valence-electron chi connectivity index (χ2n) is 12.3. The van der Waals surface area contributed by atoms with E-state index in [1.54, 1.807) is 5.57 Å². The third-order valence-electron chi connectivity index (χ3n) is 8.80. The Morgan fingerprint density at radius 1 is 0.867 bits per heavy atom. The van der Waals surface area contributed by atoms with Crippen LogP contribution in [0.3, 0.4) is 0 Å². The van der Waals surface area contributed by atoms with E-state index in [0.29, 0.717) is 18.8 Å². The van der Waals surface area contributed by atoms with Gasteiger partial charge in [0, 0.05) is 0 Å². The fraction of sp³-hybridized carbons (Fsp3) is 0.436. The first-order chi connectivity index (χ1) is 21.8. The van der Waals surface area contributed by atoms with Crippen molar-refractivity contribution in [3.05, 3.63) is 101 Å². The number of unbranched alkanes of at least 4 members (excludes halogenated alkanes) is 2. The zero-order valence-electron chi connectivity index (χ0n) is 26.7. The van der Waals surface area contributed by atoms with Crippen molar-refractivity contribution in [3.63, 3.8) is 0 Å². The lowest BCUT2D eigenvalue weighted by molar-refractivity contribution is -0.140. The summed E-state index contributed by atoms with van der Waals surface area (Å²) in [5, 5.41) is 20.5. The van der Waals surface area contributed by atoms with E-state index < -0.39 is 25.2 Å². The van der Waals surface area contributed by atoms with E-state index in [2.05, 4.69) is 68.6 Å². The molecule has 0 aliphatic heterocycles. The lowest BCUT2D eigenvalue weighted by Gasteiger charge is -2.29. The van der Waals surface area contributed by atoms with Crippen LogP contribution in [0.5, 0.6) is 0 Å². The van der Waals surface area contributed by atoms with Crippen LogP contribution >= 0.6 is 0 Å². The van der Waals surface area contributed by atoms with Crippen molar-refractivity contribution in [2.45, 2.75) is 77.6 Å². The summed E-state index contributed by atoms with van der Waals surface area (Å²) in [5.41, 5.74) is 8.11. The van der Waals surface area contributed by atoms with Crippen molar-refractivity contribution in [1.29, 1.82) is 0 Å². The molecule has 2 N–H and O–H groups in total. The van der Waals surface area contributed by atoms with Gasteiger partial charge in [0.15, 0.2) is 0 Å². The van der Waals surface area contributed by atoms with E-state index in [-0.39, 0.29) is 24.4 Å². The van der Waals surface area contributed by atoms with Crippen LogP contribution in [-0.2, 0) is 31.9 Å². The maximum absolute atomic E-state index is 11.9. The minimum absolute atomic E-state index is 0.0499. The van der Waals surface area contributed by atoms with Crippen LogP contribution in [0.15, 0.2) is 84.0 Å². The molecule has 0 fully saturated rings. The maximum atomic E-state index is 11.9. The number of rotatable bonds is 17. The van der Waals surface area contributed by atoms with Crippen LogP contribution in [0.1, 0.15) is 81.4 Å². The summed E-state index contributed by atoms with van der Waals surface area (Å²) in [5.74, 6) is -0.566. The molecule has 2 aromatic rings. The minimum Gasteiger partial charge on any atom is -0.462 e. The molecule has 45 heavy (non-hydrogen) atoms. The van der Waals surface area contributed by atoms with Gasteiger partial charge in [-0.2, -0.15) is 0 Å². The molecule has 0 amide bonds. The highest BCUT2D eigenvalue weighted by Gasteiger charge is 2.23. The van der Waals surface area contributed by atoms with Crippen LogP contribution in [0.4, 0.5) is 0 Å². The zero-order valence-corrected chi connectivity index (χ0v) is 26.7. The Kier molecular flexibility index (Phi) is 13.0. The Balaban J connectivity index is 1.51. The second kappa shape index (κ2) is 17.1. The smallest absolute Gasteiger partial charge is 0.335 e. The number of allylic oxidation sites excluding steroid dienone is 6. The second-order valence-corrected chi connectivity index (χ2v) is 12.3. The monoisotopic (exact) mass is 612 g/mol. The maximum Gasteiger partial charge on any atom is 0.335 e. The molecule has 2 aliphatic rings. The summed E-state index contributed by atoms with van der Waals surface area (Å²) in [6.45, 7) is 8.96. The van der Waals surface area contributed by atoms with Crippen molar-refractivity contribution in [1.82, 2.24) is 0 Å². The van der Waals surface area contributed by atoms with E-state index in [9.17, 15) is 9.59 Å². The average molecular weight is 613 g/mol. The largest absolute Gasteiger partial charge is 0.462 e. The predicted octanol–water partition coefficient (Wildman–Crippen LogP) is 7.52. The fourth-order valence-corrected chi connectivity index (χ4v) is 6.17. The predicted molar refractivity (Wildman–Crippen MR) is 181 cm³/mol. The molecular weight excluding hydrogens is 564 g/mol. The first-order valence-electron chi connectivity index (χ1n) is 16.4. The van der Waals surface area contributed by atoms with Gasteiger partial charge in [-0.3, -0.25) is 0 Å². The number of aryl methyl sites for hydroxylation is 2. The van der Waals surface area contributed by atoms with Crippen molar-refractivity contribution < 1.29 is 29.3 Å². The number of hydrogen-bond donors (Lipinski definition) is 2. The number of aliphatic hydroxyl groups excluding tert-OH is 2. The van der Waals surface area contributed by atoms with Gasteiger partial charge in [-0.15, -0.1) is 0 Å².